The van der Waals surface area contributed by atoms with Gasteiger partial charge < -0.3 is 35.6 Å². The van der Waals surface area contributed by atoms with E-state index in [1.165, 1.54) is 0 Å². The Bertz CT molecular complexity index is 429. The van der Waals surface area contributed by atoms with Crippen LogP contribution in [-0.4, -0.2) is 80.6 Å². The third-order valence-electron chi connectivity index (χ3n) is 4.17. The molecule has 9 nitrogen and oxygen atoms in total. The topological polar surface area (TPSA) is 157 Å². The fourth-order valence-corrected chi connectivity index (χ4v) is 2.79. The van der Waals surface area contributed by atoms with E-state index in [4.69, 9.17) is 14.9 Å². The molecule has 0 saturated carbocycles. The van der Waals surface area contributed by atoms with Crippen molar-refractivity contribution in [1.82, 2.24) is 5.32 Å². The summed E-state index contributed by atoms with van der Waals surface area (Å²) in [6.07, 6.45) is -3.89. The van der Waals surface area contributed by atoms with Crippen molar-refractivity contribution >= 4 is 11.9 Å². The van der Waals surface area contributed by atoms with Gasteiger partial charge in [-0.2, -0.15) is 0 Å². The van der Waals surface area contributed by atoms with Gasteiger partial charge in [0, 0.05) is 12.8 Å². The number of aliphatic carboxylic acids is 1. The van der Waals surface area contributed by atoms with E-state index in [9.17, 15) is 24.9 Å². The molecule has 5 atom stereocenters. The van der Waals surface area contributed by atoms with Gasteiger partial charge in [-0.15, -0.1) is 0 Å². The summed E-state index contributed by atoms with van der Waals surface area (Å²) in [6.45, 7) is 1.89. The van der Waals surface area contributed by atoms with Gasteiger partial charge in [-0.3, -0.25) is 4.79 Å². The Balaban J connectivity index is 3.10. The summed E-state index contributed by atoms with van der Waals surface area (Å²) < 4.78 is 5.67. The maximum absolute atomic E-state index is 11.7. The van der Waals surface area contributed by atoms with E-state index in [1.807, 2.05) is 0 Å². The van der Waals surface area contributed by atoms with Crippen LogP contribution < -0.4 is 5.32 Å². The summed E-state index contributed by atoms with van der Waals surface area (Å²) in [4.78, 5) is 23.1. The Kier molecular flexibility index (Phi) is 6.90. The van der Waals surface area contributed by atoms with Crippen LogP contribution >= 0.6 is 0 Å². The van der Waals surface area contributed by atoms with Crippen molar-refractivity contribution in [2.45, 2.75) is 56.6 Å². The first kappa shape index (κ1) is 19.8. The van der Waals surface area contributed by atoms with Gasteiger partial charge in [0.05, 0.1) is 31.0 Å². The van der Waals surface area contributed by atoms with Gasteiger partial charge in [0.1, 0.15) is 6.61 Å². The van der Waals surface area contributed by atoms with E-state index in [0.717, 1.165) is 0 Å². The number of hydrogen-bond donors (Lipinski definition) is 6. The van der Waals surface area contributed by atoms with Gasteiger partial charge in [0.2, 0.25) is 5.91 Å². The molecular weight excluding hydrogens is 310 g/mol. The standard InChI is InChI=1S/C14H25NO8/c1-7(2)14(13(21)22)4-9(19)12(15-11(20)6-17)10(23-14)3-8(18)5-16/h7-10,12,16-19H,3-6H2,1-2H3,(H,15,20)(H,21,22). The first-order valence-electron chi connectivity index (χ1n) is 7.46. The molecule has 0 aromatic carbocycles. The van der Waals surface area contributed by atoms with Gasteiger partial charge in [-0.25, -0.2) is 4.79 Å². The number of ether oxygens (including phenoxy) is 1. The lowest BCUT2D eigenvalue weighted by molar-refractivity contribution is -0.219. The van der Waals surface area contributed by atoms with Crippen molar-refractivity contribution in [2.24, 2.45) is 5.92 Å². The zero-order chi connectivity index (χ0) is 17.8. The predicted molar refractivity (Wildman–Crippen MR) is 77.4 cm³/mol. The van der Waals surface area contributed by atoms with Crippen LogP contribution in [0.15, 0.2) is 0 Å². The lowest BCUT2D eigenvalue weighted by atomic mass is 9.78. The minimum atomic E-state index is -1.67. The fourth-order valence-electron chi connectivity index (χ4n) is 2.79. The molecule has 0 bridgehead atoms. The minimum absolute atomic E-state index is 0.175. The number of hydrogen-bond acceptors (Lipinski definition) is 7. The second-order valence-electron chi connectivity index (χ2n) is 6.10. The van der Waals surface area contributed by atoms with Crippen LogP contribution in [0.4, 0.5) is 0 Å². The molecule has 6 N–H and O–H groups in total. The van der Waals surface area contributed by atoms with Gasteiger partial charge in [-0.1, -0.05) is 13.8 Å². The fraction of sp³-hybridized carbons (Fsp3) is 0.857. The molecule has 1 aliphatic heterocycles. The minimum Gasteiger partial charge on any atom is -0.479 e. The van der Waals surface area contributed by atoms with Crippen molar-refractivity contribution in [1.29, 1.82) is 0 Å². The van der Waals surface area contributed by atoms with Crippen molar-refractivity contribution < 1.29 is 39.9 Å². The largest absolute Gasteiger partial charge is 0.479 e. The third-order valence-corrected chi connectivity index (χ3v) is 4.17. The van der Waals surface area contributed by atoms with E-state index < -0.39 is 61.0 Å². The van der Waals surface area contributed by atoms with Crippen LogP contribution in [0.2, 0.25) is 0 Å². The highest BCUT2D eigenvalue weighted by atomic mass is 16.5. The zero-order valence-electron chi connectivity index (χ0n) is 13.2. The number of amides is 1. The predicted octanol–water partition coefficient (Wildman–Crippen LogP) is -2.16. The Morgan fingerprint density at radius 3 is 2.39 bits per heavy atom. The number of aliphatic hydroxyl groups excluding tert-OH is 4. The molecule has 1 aliphatic rings. The summed E-state index contributed by atoms with van der Waals surface area (Å²) in [5, 5.41) is 49.6. The Labute approximate surface area is 133 Å². The van der Waals surface area contributed by atoms with E-state index in [-0.39, 0.29) is 12.8 Å². The second kappa shape index (κ2) is 8.02. The van der Waals surface area contributed by atoms with Crippen LogP contribution in [-0.2, 0) is 14.3 Å². The smallest absolute Gasteiger partial charge is 0.336 e. The van der Waals surface area contributed by atoms with Gasteiger partial charge in [0.15, 0.2) is 5.60 Å². The molecule has 1 amide bonds. The molecule has 1 heterocycles. The molecule has 1 fully saturated rings. The number of carboxylic acid groups (broad SMARTS) is 1. The molecule has 9 heteroatoms. The Morgan fingerprint density at radius 1 is 1.35 bits per heavy atom. The number of carboxylic acids is 1. The number of nitrogens with one attached hydrogen (secondary N) is 1. The molecule has 0 aromatic rings. The van der Waals surface area contributed by atoms with E-state index in [2.05, 4.69) is 5.32 Å². The molecule has 1 saturated heterocycles. The highest BCUT2D eigenvalue weighted by molar-refractivity contribution is 5.79. The summed E-state index contributed by atoms with van der Waals surface area (Å²) in [6, 6.07) is -0.998. The molecule has 1 rings (SSSR count). The van der Waals surface area contributed by atoms with Crippen LogP contribution in [0.3, 0.4) is 0 Å². The second-order valence-corrected chi connectivity index (χ2v) is 6.10. The monoisotopic (exact) mass is 335 g/mol. The van der Waals surface area contributed by atoms with Crippen molar-refractivity contribution in [3.63, 3.8) is 0 Å². The van der Waals surface area contributed by atoms with Crippen LogP contribution in [0.1, 0.15) is 26.7 Å². The molecule has 23 heavy (non-hydrogen) atoms. The number of aliphatic hydroxyl groups is 4. The molecular formula is C14H25NO8. The Morgan fingerprint density at radius 2 is 1.96 bits per heavy atom. The van der Waals surface area contributed by atoms with E-state index in [1.54, 1.807) is 13.8 Å². The first-order chi connectivity index (χ1) is 10.7. The quantitative estimate of drug-likeness (QED) is 0.307. The average molecular weight is 335 g/mol. The number of rotatable bonds is 7. The van der Waals surface area contributed by atoms with E-state index in [0.29, 0.717) is 0 Å². The van der Waals surface area contributed by atoms with Crippen LogP contribution in [0, 0.1) is 5.92 Å². The lowest BCUT2D eigenvalue weighted by Crippen LogP contribution is -2.65. The number of carbonyl (C=O) groups excluding carboxylic acids is 1. The molecule has 0 aliphatic carbocycles. The van der Waals surface area contributed by atoms with Gasteiger partial charge in [0.25, 0.3) is 0 Å². The first-order valence-corrected chi connectivity index (χ1v) is 7.46. The summed E-state index contributed by atoms with van der Waals surface area (Å²) >= 11 is 0. The Hall–Kier alpha value is -1.26. The summed E-state index contributed by atoms with van der Waals surface area (Å²) in [5.74, 6) is -2.48. The molecule has 0 aromatic heterocycles. The molecule has 134 valence electrons. The highest BCUT2D eigenvalue weighted by Gasteiger charge is 2.53. The summed E-state index contributed by atoms with van der Waals surface area (Å²) in [5.41, 5.74) is -1.67. The number of carbonyl (C=O) groups is 2. The zero-order valence-corrected chi connectivity index (χ0v) is 13.2. The highest BCUT2D eigenvalue weighted by Crippen LogP contribution is 2.37. The van der Waals surface area contributed by atoms with Gasteiger partial charge >= 0.3 is 5.97 Å². The average Bonchev–Trinajstić information content (AvgIpc) is 2.49. The third kappa shape index (κ3) is 4.39. The van der Waals surface area contributed by atoms with Gasteiger partial charge in [-0.05, 0) is 5.92 Å². The normalized spacial score (nSPS) is 32.6. The van der Waals surface area contributed by atoms with Crippen molar-refractivity contribution in [2.75, 3.05) is 13.2 Å². The lowest BCUT2D eigenvalue weighted by Gasteiger charge is -2.47. The van der Waals surface area contributed by atoms with Crippen LogP contribution in [0.25, 0.3) is 0 Å². The van der Waals surface area contributed by atoms with Crippen molar-refractivity contribution in [3.8, 4) is 0 Å². The SMILES string of the molecule is CC(C)C1(C(=O)O)CC(O)C(NC(=O)CO)C(CC(O)CO)O1. The molecule has 0 radical (unpaired) electrons. The summed E-state index contributed by atoms with van der Waals surface area (Å²) in [7, 11) is 0. The molecule has 5 unspecified atom stereocenters. The van der Waals surface area contributed by atoms with Crippen molar-refractivity contribution in [3.05, 3.63) is 0 Å². The maximum Gasteiger partial charge on any atom is 0.336 e. The van der Waals surface area contributed by atoms with E-state index >= 15 is 0 Å². The van der Waals surface area contributed by atoms with Crippen LogP contribution in [0.5, 0.6) is 0 Å². The molecule has 0 spiro atoms. The maximum atomic E-state index is 11.7.